The second-order valence-corrected chi connectivity index (χ2v) is 26.9. The molecule has 7 N–H and O–H groups in total. The summed E-state index contributed by atoms with van der Waals surface area (Å²) in [5.41, 5.74) is 11.8. The number of para-hydroxylation sites is 1. The number of carbonyl (C=O) groups excluding carboxylic acids is 7. The molecule has 11 rings (SSSR count). The molecule has 0 unspecified atom stereocenters. The van der Waals surface area contributed by atoms with E-state index in [1.54, 1.807) is 50.3 Å². The number of hydrogen-bond acceptors (Lipinski definition) is 16. The summed E-state index contributed by atoms with van der Waals surface area (Å²) in [7, 11) is 1.85. The van der Waals surface area contributed by atoms with Crippen molar-refractivity contribution in [1.29, 1.82) is 0 Å². The van der Waals surface area contributed by atoms with Gasteiger partial charge in [0.15, 0.2) is 5.60 Å². The summed E-state index contributed by atoms with van der Waals surface area (Å²) in [5, 5.41) is 32.6. The maximum absolute atomic E-state index is 15.5. The molecule has 6 amide bonds. The molecule has 3 atom stereocenters. The van der Waals surface area contributed by atoms with Crippen molar-refractivity contribution in [2.75, 3.05) is 57.5 Å². The van der Waals surface area contributed by atoms with Gasteiger partial charge in [-0.15, -0.1) is 5.10 Å². The second-order valence-electron chi connectivity index (χ2n) is 26.9. The summed E-state index contributed by atoms with van der Waals surface area (Å²) in [6, 6.07) is 16.5. The van der Waals surface area contributed by atoms with Crippen molar-refractivity contribution in [1.82, 2.24) is 50.7 Å². The van der Waals surface area contributed by atoms with E-state index in [1.807, 2.05) is 60.5 Å². The summed E-state index contributed by atoms with van der Waals surface area (Å²) in [4.78, 5) is 118. The first-order valence-corrected chi connectivity index (χ1v) is 34.1. The molecule has 1 saturated carbocycles. The minimum Gasteiger partial charge on any atom is -0.458 e. The largest absolute Gasteiger partial charge is 0.458 e. The number of fused-ring (bicyclic) bond motifs is 10. The molecule has 3 aromatic carbocycles. The Morgan fingerprint density at radius 1 is 0.814 bits per heavy atom. The number of amides is 6. The molecule has 3 aromatic heterocycles. The smallest absolute Gasteiger partial charge is 0.343 e. The van der Waals surface area contributed by atoms with Crippen LogP contribution in [0.2, 0.25) is 0 Å². The van der Waals surface area contributed by atoms with E-state index in [-0.39, 0.29) is 136 Å². The van der Waals surface area contributed by atoms with Crippen LogP contribution in [0.5, 0.6) is 0 Å². The molecule has 1 saturated heterocycles. The van der Waals surface area contributed by atoms with Crippen molar-refractivity contribution >= 4 is 58.0 Å². The summed E-state index contributed by atoms with van der Waals surface area (Å²) >= 11 is 0. The van der Waals surface area contributed by atoms with Crippen molar-refractivity contribution < 1.29 is 57.3 Å². The maximum Gasteiger partial charge on any atom is 0.343 e. The average molecular weight is 1330 g/mol. The Hall–Kier alpha value is -8.78. The van der Waals surface area contributed by atoms with E-state index in [0.29, 0.717) is 78.0 Å². The summed E-state index contributed by atoms with van der Waals surface area (Å²) in [6.45, 7) is 11.1. The number of likely N-dealkylation sites (tertiary alicyclic amines) is 1. The highest BCUT2D eigenvalue weighted by atomic mass is 19.1. The van der Waals surface area contributed by atoms with Gasteiger partial charge in [-0.05, 0) is 130 Å². The van der Waals surface area contributed by atoms with Crippen molar-refractivity contribution in [2.24, 2.45) is 30.0 Å². The monoisotopic (exact) mass is 1330 g/mol. The number of esters is 1. The van der Waals surface area contributed by atoms with Gasteiger partial charge in [0.1, 0.15) is 30.2 Å². The number of carbonyl (C=O) groups is 7. The number of cyclic esters (lactones) is 1. The molecule has 0 radical (unpaired) electrons. The Bertz CT molecular complexity index is 4080. The van der Waals surface area contributed by atoms with E-state index < -0.39 is 52.8 Å². The SMILES string of the molecule is CC[C@@]1(O)C(=O)OCc2c1cc1n(c2=O)Cc2c-1nc1cc(F)c(C)c(C)c1c2CNC(=O)[C@H](CCCCN)NC(=O)[C@@H](NC(=O)CCOCCOCCC(=O)N1CCC2(CCC(C(=O)NCCC(=O)N3Cc4ccccc4-c4nnn(C)c4-c4ccccc43)CC2)CC1)C(C)C. The maximum atomic E-state index is 15.5. The number of piperidine rings is 1. The number of benzene rings is 3. The lowest BCUT2D eigenvalue weighted by Gasteiger charge is -2.45. The number of ether oxygens (including phenoxy) is 3. The zero-order valence-corrected chi connectivity index (χ0v) is 56.3. The van der Waals surface area contributed by atoms with Crippen LogP contribution in [0, 0.1) is 36.9 Å². The van der Waals surface area contributed by atoms with E-state index in [0.717, 1.165) is 72.3 Å². The zero-order chi connectivity index (χ0) is 68.9. The summed E-state index contributed by atoms with van der Waals surface area (Å²) in [6.07, 6.45) is 6.62. The molecule has 97 heavy (non-hydrogen) atoms. The van der Waals surface area contributed by atoms with Crippen molar-refractivity contribution in [3.05, 3.63) is 116 Å². The van der Waals surface area contributed by atoms with Gasteiger partial charge in [-0.3, -0.25) is 33.6 Å². The Balaban J connectivity index is 0.592. The number of nitrogens with one attached hydrogen (secondary N) is 4. The number of aryl methyl sites for hydroxylation is 2. The molecule has 6 aromatic rings. The summed E-state index contributed by atoms with van der Waals surface area (Å²) in [5.74, 6) is -3.48. The molecule has 24 nitrogen and oxygen atoms in total. The molecule has 25 heteroatoms. The van der Waals surface area contributed by atoms with Crippen LogP contribution in [-0.4, -0.2) is 141 Å². The molecule has 1 spiro atoms. The topological polar surface area (TPSA) is 314 Å². The highest BCUT2D eigenvalue weighted by Crippen LogP contribution is 2.47. The van der Waals surface area contributed by atoms with Crippen LogP contribution in [0.3, 0.4) is 0 Å². The fourth-order valence-electron chi connectivity index (χ4n) is 14.6. The molecule has 4 aliphatic heterocycles. The van der Waals surface area contributed by atoms with Crippen LogP contribution in [0.15, 0.2) is 65.5 Å². The van der Waals surface area contributed by atoms with Gasteiger partial charge in [0.05, 0.1) is 79.8 Å². The first kappa shape index (κ1) is 69.6. The first-order chi connectivity index (χ1) is 46.6. The van der Waals surface area contributed by atoms with Crippen LogP contribution in [0.4, 0.5) is 10.1 Å². The van der Waals surface area contributed by atoms with E-state index >= 15 is 4.39 Å². The molecule has 0 bridgehead atoms. The number of rotatable bonds is 25. The van der Waals surface area contributed by atoms with Gasteiger partial charge in [0.2, 0.25) is 35.4 Å². The highest BCUT2D eigenvalue weighted by Gasteiger charge is 2.46. The second kappa shape index (κ2) is 29.9. The first-order valence-electron chi connectivity index (χ1n) is 34.1. The van der Waals surface area contributed by atoms with Gasteiger partial charge in [-0.2, -0.15) is 0 Å². The Kier molecular flexibility index (Phi) is 21.5. The third-order valence-electron chi connectivity index (χ3n) is 20.6. The minimum absolute atomic E-state index is 0.0184. The number of nitrogens with zero attached hydrogens (tertiary/aromatic N) is 7. The van der Waals surface area contributed by atoms with Crippen molar-refractivity contribution in [2.45, 2.75) is 162 Å². The van der Waals surface area contributed by atoms with Crippen LogP contribution >= 0.6 is 0 Å². The van der Waals surface area contributed by atoms with E-state index in [4.69, 9.17) is 24.9 Å². The van der Waals surface area contributed by atoms with Gasteiger partial charge < -0.3 is 60.7 Å². The molecule has 2 fully saturated rings. The quantitative estimate of drug-likeness (QED) is 0.0269. The van der Waals surface area contributed by atoms with E-state index in [2.05, 4.69) is 31.6 Å². The third-order valence-corrected chi connectivity index (χ3v) is 20.6. The Labute approximate surface area is 562 Å². The highest BCUT2D eigenvalue weighted by molar-refractivity contribution is 6.01. The number of aromatic nitrogens is 5. The van der Waals surface area contributed by atoms with Crippen LogP contribution in [-0.2, 0) is 86.7 Å². The number of aliphatic hydroxyl groups is 1. The number of unbranched alkanes of at least 4 members (excludes halogenated alkanes) is 1. The Morgan fingerprint density at radius 2 is 1.53 bits per heavy atom. The number of hydrogen-bond donors (Lipinski definition) is 6. The molecular weight excluding hydrogens is 1240 g/mol. The Morgan fingerprint density at radius 3 is 2.25 bits per heavy atom. The number of nitrogens with two attached hydrogens (primary N) is 1. The van der Waals surface area contributed by atoms with Crippen LogP contribution in [0.25, 0.3) is 44.8 Å². The van der Waals surface area contributed by atoms with Gasteiger partial charge in [0, 0.05) is 85.7 Å². The molecular formula is C72H89FN12O12. The van der Waals surface area contributed by atoms with Gasteiger partial charge >= 0.3 is 5.97 Å². The van der Waals surface area contributed by atoms with E-state index in [9.17, 15) is 43.5 Å². The predicted octanol–water partition coefficient (Wildman–Crippen LogP) is 6.33. The standard InChI is InChI=1S/C72H89FN12O12/c1-7-72(94)52-36-57-63-50(40-85(57)69(92)51(52)41-97-70(72)93)49(61-44(5)43(4)53(73)37-55(61)77-63)38-76-67(90)54(17-12-13-28-74)78-68(91)62(42(2)3)79-58(86)22-32-95-34-35-96-33-23-59(87)83-30-26-71(27-31-83)24-19-45(20-25-71)66(89)75-29-21-60(88)84-39-46-14-8-9-15-47(46)64-65(82(6)81-80-64)48-16-10-11-18-56(48)84/h8-11,14-16,18,36-37,42,45,54,62,94H,7,12-13,17,19-35,38-41,74H2,1-6H3,(H,75,89)(H,76,90)(H,78,91)(H,79,86)/t54-,62-,72-/m0/s1. The molecule has 1 aliphatic carbocycles. The number of anilines is 1. The minimum atomic E-state index is -2.06. The lowest BCUT2D eigenvalue weighted by atomic mass is 9.65. The van der Waals surface area contributed by atoms with Crippen molar-refractivity contribution in [3.63, 3.8) is 0 Å². The number of halogens is 1. The van der Waals surface area contributed by atoms with Crippen LogP contribution < -0.4 is 37.5 Å². The van der Waals surface area contributed by atoms with Crippen LogP contribution in [0.1, 0.15) is 143 Å². The van der Waals surface area contributed by atoms with Gasteiger partial charge in [-0.25, -0.2) is 18.9 Å². The summed E-state index contributed by atoms with van der Waals surface area (Å²) < 4.78 is 35.4. The molecule has 7 heterocycles. The average Bonchev–Trinajstić information content (AvgIpc) is 1.61. The van der Waals surface area contributed by atoms with Gasteiger partial charge in [0.25, 0.3) is 5.56 Å². The predicted molar refractivity (Wildman–Crippen MR) is 359 cm³/mol. The normalized spacial score (nSPS) is 17.6. The third kappa shape index (κ3) is 14.5. The van der Waals surface area contributed by atoms with Crippen molar-refractivity contribution in [3.8, 4) is 33.9 Å². The molecule has 516 valence electrons. The fourth-order valence-corrected chi connectivity index (χ4v) is 14.6. The molecule has 5 aliphatic rings. The van der Waals surface area contributed by atoms with Gasteiger partial charge in [-0.1, -0.05) is 68.4 Å². The lowest BCUT2D eigenvalue weighted by molar-refractivity contribution is -0.172. The zero-order valence-electron chi connectivity index (χ0n) is 56.3. The van der Waals surface area contributed by atoms with E-state index in [1.165, 1.54) is 10.6 Å². The fraction of sp³-hybridized carbons (Fsp3) is 0.514. The number of pyridine rings is 2. The lowest BCUT2D eigenvalue weighted by Crippen LogP contribution is -2.55.